The number of rotatable bonds is 8. The predicted molar refractivity (Wildman–Crippen MR) is 135 cm³/mol. The lowest BCUT2D eigenvalue weighted by atomic mass is 9.72. The van der Waals surface area contributed by atoms with E-state index < -0.39 is 5.60 Å². The summed E-state index contributed by atoms with van der Waals surface area (Å²) in [7, 11) is 0. The molecule has 1 heterocycles. The lowest BCUT2D eigenvalue weighted by molar-refractivity contribution is -0.0342. The van der Waals surface area contributed by atoms with E-state index in [0.717, 1.165) is 70.0 Å². The Hall–Kier alpha value is -1.39. The van der Waals surface area contributed by atoms with Crippen molar-refractivity contribution >= 4 is 11.6 Å². The Bertz CT molecular complexity index is 828. The van der Waals surface area contributed by atoms with Crippen molar-refractivity contribution in [3.05, 3.63) is 70.7 Å². The molecule has 0 amide bonds. The summed E-state index contributed by atoms with van der Waals surface area (Å²) in [5, 5.41) is 12.4. The first-order valence-electron chi connectivity index (χ1n) is 12.5. The van der Waals surface area contributed by atoms with Crippen LogP contribution in [0.5, 0.6) is 0 Å². The van der Waals surface area contributed by atoms with Crippen LogP contribution in [-0.4, -0.2) is 59.8 Å². The highest BCUT2D eigenvalue weighted by Crippen LogP contribution is 2.41. The number of aliphatic hydroxyl groups is 1. The molecule has 0 aromatic heterocycles. The van der Waals surface area contributed by atoms with E-state index in [2.05, 4.69) is 59.2 Å². The fourth-order valence-electron chi connectivity index (χ4n) is 5.60. The van der Waals surface area contributed by atoms with Crippen LogP contribution >= 0.6 is 11.6 Å². The van der Waals surface area contributed by atoms with Gasteiger partial charge in [-0.15, -0.1) is 0 Å². The molecule has 1 aliphatic carbocycles. The van der Waals surface area contributed by atoms with Gasteiger partial charge in [0.2, 0.25) is 0 Å². The molecule has 4 rings (SSSR count). The Kier molecular flexibility index (Phi) is 8.28. The summed E-state index contributed by atoms with van der Waals surface area (Å²) < 4.78 is 0. The maximum absolute atomic E-state index is 11.6. The Morgan fingerprint density at radius 2 is 1.53 bits per heavy atom. The second-order valence-electron chi connectivity index (χ2n) is 10.0. The summed E-state index contributed by atoms with van der Waals surface area (Å²) in [5.74, 6) is 0.730. The standard InChI is InChI=1S/C28H39ClN2O/c1-23(24-9-4-2-5-10-24)13-16-30-17-19-31(20-18-30)22-27(25-11-8-12-26(29)21-25)28(32)14-6-3-7-15-28/h2,4-5,8-12,21,23,27,32H,3,6-7,13-20,22H2,1H3. The van der Waals surface area contributed by atoms with Crippen LogP contribution in [0, 0.1) is 0 Å². The highest BCUT2D eigenvalue weighted by atomic mass is 35.5. The highest BCUT2D eigenvalue weighted by Gasteiger charge is 2.40. The van der Waals surface area contributed by atoms with Gasteiger partial charge in [0.1, 0.15) is 0 Å². The molecule has 0 radical (unpaired) electrons. The number of hydrogen-bond donors (Lipinski definition) is 1. The van der Waals surface area contributed by atoms with Crippen LogP contribution in [0.2, 0.25) is 5.02 Å². The van der Waals surface area contributed by atoms with Crippen LogP contribution < -0.4 is 0 Å². The smallest absolute Gasteiger partial charge is 0.0728 e. The van der Waals surface area contributed by atoms with E-state index in [4.69, 9.17) is 11.6 Å². The molecular formula is C28H39ClN2O. The lowest BCUT2D eigenvalue weighted by Gasteiger charge is -2.43. The normalized spacial score (nSPS) is 21.8. The maximum atomic E-state index is 11.6. The van der Waals surface area contributed by atoms with E-state index in [0.29, 0.717) is 5.92 Å². The first-order chi connectivity index (χ1) is 15.5. The third-order valence-corrected chi connectivity index (χ3v) is 8.01. The van der Waals surface area contributed by atoms with Crippen molar-refractivity contribution in [3.8, 4) is 0 Å². The Morgan fingerprint density at radius 1 is 0.875 bits per heavy atom. The molecular weight excluding hydrogens is 416 g/mol. The molecule has 1 saturated heterocycles. The van der Waals surface area contributed by atoms with Crippen LogP contribution in [0.4, 0.5) is 0 Å². The van der Waals surface area contributed by atoms with E-state index in [1.807, 2.05) is 12.1 Å². The van der Waals surface area contributed by atoms with Crippen LogP contribution in [-0.2, 0) is 0 Å². The number of piperazine rings is 1. The zero-order valence-corrected chi connectivity index (χ0v) is 20.3. The highest BCUT2D eigenvalue weighted by molar-refractivity contribution is 6.30. The molecule has 32 heavy (non-hydrogen) atoms. The minimum absolute atomic E-state index is 0.131. The van der Waals surface area contributed by atoms with Gasteiger partial charge in [-0.05, 0) is 55.0 Å². The van der Waals surface area contributed by atoms with Gasteiger partial charge in [-0.1, -0.05) is 80.3 Å². The topological polar surface area (TPSA) is 26.7 Å². The zero-order valence-electron chi connectivity index (χ0n) is 19.6. The minimum atomic E-state index is -0.606. The molecule has 1 aliphatic heterocycles. The number of nitrogens with zero attached hydrogens (tertiary/aromatic N) is 2. The van der Waals surface area contributed by atoms with Gasteiger partial charge in [0.15, 0.2) is 0 Å². The Labute approximate surface area is 199 Å². The molecule has 2 aliphatic rings. The summed E-state index contributed by atoms with van der Waals surface area (Å²) in [6.07, 6.45) is 6.50. The van der Waals surface area contributed by atoms with Crippen molar-refractivity contribution in [2.45, 2.75) is 62.9 Å². The first kappa shape index (κ1) is 23.8. The van der Waals surface area contributed by atoms with E-state index in [1.54, 1.807) is 0 Å². The fraction of sp³-hybridized carbons (Fsp3) is 0.571. The van der Waals surface area contributed by atoms with E-state index in [1.165, 1.54) is 24.0 Å². The van der Waals surface area contributed by atoms with Crippen LogP contribution in [0.1, 0.15) is 68.4 Å². The van der Waals surface area contributed by atoms with Gasteiger partial charge in [-0.25, -0.2) is 0 Å². The monoisotopic (exact) mass is 454 g/mol. The number of benzene rings is 2. The van der Waals surface area contributed by atoms with Gasteiger partial charge in [-0.2, -0.15) is 0 Å². The Balaban J connectivity index is 1.33. The molecule has 0 bridgehead atoms. The summed E-state index contributed by atoms with van der Waals surface area (Å²) in [6.45, 7) is 8.80. The van der Waals surface area contributed by atoms with Crippen LogP contribution in [0.25, 0.3) is 0 Å². The molecule has 2 atom stereocenters. The fourth-order valence-corrected chi connectivity index (χ4v) is 5.80. The minimum Gasteiger partial charge on any atom is -0.389 e. The van der Waals surface area contributed by atoms with Crippen molar-refractivity contribution in [1.29, 1.82) is 0 Å². The molecule has 2 fully saturated rings. The molecule has 174 valence electrons. The summed E-state index contributed by atoms with van der Waals surface area (Å²) in [6, 6.07) is 19.1. The van der Waals surface area contributed by atoms with Gasteiger partial charge in [0, 0.05) is 43.7 Å². The van der Waals surface area contributed by atoms with Gasteiger partial charge >= 0.3 is 0 Å². The van der Waals surface area contributed by atoms with Crippen molar-refractivity contribution in [2.75, 3.05) is 39.3 Å². The first-order valence-corrected chi connectivity index (χ1v) is 12.9. The molecule has 1 N–H and O–H groups in total. The summed E-state index contributed by atoms with van der Waals surface area (Å²) in [4.78, 5) is 5.18. The summed E-state index contributed by atoms with van der Waals surface area (Å²) in [5.41, 5.74) is 2.03. The molecule has 4 heteroatoms. The van der Waals surface area contributed by atoms with Gasteiger partial charge in [-0.3, -0.25) is 0 Å². The SMILES string of the molecule is CC(CCN1CCN(CC(c2cccc(Cl)c2)C2(O)CCCCC2)CC1)c1ccccc1. The van der Waals surface area contributed by atoms with E-state index >= 15 is 0 Å². The second-order valence-corrected chi connectivity index (χ2v) is 10.5. The average molecular weight is 455 g/mol. The molecule has 1 saturated carbocycles. The predicted octanol–water partition coefficient (Wildman–Crippen LogP) is 5.93. The van der Waals surface area contributed by atoms with Gasteiger partial charge in [0.25, 0.3) is 0 Å². The third kappa shape index (κ3) is 6.14. The third-order valence-electron chi connectivity index (χ3n) is 7.77. The quantitative estimate of drug-likeness (QED) is 0.535. The van der Waals surface area contributed by atoms with Gasteiger partial charge < -0.3 is 14.9 Å². The largest absolute Gasteiger partial charge is 0.389 e. The average Bonchev–Trinajstić information content (AvgIpc) is 2.82. The van der Waals surface area contributed by atoms with Crippen LogP contribution in [0.3, 0.4) is 0 Å². The second kappa shape index (κ2) is 11.2. The number of hydrogen-bond acceptors (Lipinski definition) is 3. The van der Waals surface area contributed by atoms with Crippen molar-refractivity contribution < 1.29 is 5.11 Å². The van der Waals surface area contributed by atoms with Crippen LogP contribution in [0.15, 0.2) is 54.6 Å². The molecule has 2 aromatic rings. The van der Waals surface area contributed by atoms with E-state index in [-0.39, 0.29) is 5.92 Å². The van der Waals surface area contributed by atoms with E-state index in [9.17, 15) is 5.11 Å². The number of halogens is 1. The van der Waals surface area contributed by atoms with Gasteiger partial charge in [0.05, 0.1) is 5.60 Å². The molecule has 0 spiro atoms. The molecule has 2 unspecified atom stereocenters. The maximum Gasteiger partial charge on any atom is 0.0728 e. The Morgan fingerprint density at radius 3 is 2.22 bits per heavy atom. The molecule has 3 nitrogen and oxygen atoms in total. The lowest BCUT2D eigenvalue weighted by Crippen LogP contribution is -2.51. The zero-order chi connectivity index (χ0) is 22.4. The summed E-state index contributed by atoms with van der Waals surface area (Å²) >= 11 is 6.34. The molecule has 2 aromatic carbocycles. The van der Waals surface area contributed by atoms with Crippen molar-refractivity contribution in [1.82, 2.24) is 9.80 Å². The van der Waals surface area contributed by atoms with Crippen molar-refractivity contribution in [3.63, 3.8) is 0 Å². The van der Waals surface area contributed by atoms with Crippen molar-refractivity contribution in [2.24, 2.45) is 0 Å².